The van der Waals surface area contributed by atoms with Crippen molar-refractivity contribution in [2.75, 3.05) is 0 Å². The van der Waals surface area contributed by atoms with Crippen LogP contribution in [0.3, 0.4) is 0 Å². The summed E-state index contributed by atoms with van der Waals surface area (Å²) in [4.78, 5) is 6.00. The molecule has 0 amide bonds. The summed E-state index contributed by atoms with van der Waals surface area (Å²) in [7, 11) is -3.63. The molecule has 0 radical (unpaired) electrons. The van der Waals surface area contributed by atoms with Crippen molar-refractivity contribution in [1.82, 2.24) is 10.2 Å². The summed E-state index contributed by atoms with van der Waals surface area (Å²) in [6.45, 7) is 4.04. The van der Waals surface area contributed by atoms with E-state index in [9.17, 15) is 8.42 Å². The van der Waals surface area contributed by atoms with E-state index in [2.05, 4.69) is 17.1 Å². The minimum atomic E-state index is -3.63. The Labute approximate surface area is 174 Å². The summed E-state index contributed by atoms with van der Waals surface area (Å²) in [6, 6.07) is 14.7. The minimum absolute atomic E-state index is 0.269. The Hall–Kier alpha value is -1.89. The predicted molar refractivity (Wildman–Crippen MR) is 116 cm³/mol. The second-order valence-corrected chi connectivity index (χ2v) is 9.66. The van der Waals surface area contributed by atoms with Crippen LogP contribution < -0.4 is 15.0 Å². The third kappa shape index (κ3) is 6.56. The van der Waals surface area contributed by atoms with Gasteiger partial charge in [-0.05, 0) is 55.5 Å². The number of sulfonamides is 1. The first-order valence-electron chi connectivity index (χ1n) is 10.6. The highest BCUT2D eigenvalue weighted by atomic mass is 32.2. The number of nitrogens with one attached hydrogen (secondary N) is 2. The van der Waals surface area contributed by atoms with Crippen LogP contribution in [-0.2, 0) is 16.4 Å². The third-order valence-electron chi connectivity index (χ3n) is 5.57. The first-order chi connectivity index (χ1) is 14.0. The third-order valence-corrected chi connectivity index (χ3v) is 7.06. The summed E-state index contributed by atoms with van der Waals surface area (Å²) in [5.41, 5.74) is 5.23. The molecule has 1 saturated carbocycles. The molecular weight excluding hydrogens is 384 g/mol. The van der Waals surface area contributed by atoms with Gasteiger partial charge in [-0.3, -0.25) is 0 Å². The van der Waals surface area contributed by atoms with Gasteiger partial charge in [-0.1, -0.05) is 68.9 Å². The molecule has 0 bridgehead atoms. The first kappa shape index (κ1) is 21.8. The standard InChI is InChI=1S/C23H32N2O3S/c1-3-19-11-13-21(14-12-19)28-24-23(17-20-7-5-4-6-8-20)25-29(26,27)22-15-9-18(2)10-16-22/h9-16,20,23-25H,3-8,17H2,1-2H3. The number of rotatable bonds is 9. The molecule has 1 atom stereocenters. The molecule has 5 nitrogen and oxygen atoms in total. The van der Waals surface area contributed by atoms with E-state index in [1.54, 1.807) is 12.1 Å². The largest absolute Gasteiger partial charge is 0.407 e. The van der Waals surface area contributed by atoms with E-state index < -0.39 is 16.2 Å². The van der Waals surface area contributed by atoms with Gasteiger partial charge >= 0.3 is 0 Å². The summed E-state index contributed by atoms with van der Waals surface area (Å²) in [5, 5.41) is 0. The molecule has 1 aliphatic rings. The van der Waals surface area contributed by atoms with Crippen LogP contribution in [0, 0.1) is 12.8 Å². The molecule has 29 heavy (non-hydrogen) atoms. The number of hydrogen-bond acceptors (Lipinski definition) is 4. The maximum absolute atomic E-state index is 12.9. The zero-order valence-electron chi connectivity index (χ0n) is 17.4. The van der Waals surface area contributed by atoms with Crippen molar-refractivity contribution in [2.45, 2.75) is 69.9 Å². The summed E-state index contributed by atoms with van der Waals surface area (Å²) >= 11 is 0. The SMILES string of the molecule is CCc1ccc(ONC(CC2CCCCC2)NS(=O)(=O)c2ccc(C)cc2)cc1. The number of aryl methyl sites for hydroxylation is 2. The van der Waals surface area contributed by atoms with E-state index in [1.807, 2.05) is 43.3 Å². The Morgan fingerprint density at radius 3 is 2.28 bits per heavy atom. The van der Waals surface area contributed by atoms with Gasteiger partial charge in [-0.25, -0.2) is 8.42 Å². The van der Waals surface area contributed by atoms with Gasteiger partial charge in [-0.2, -0.15) is 4.72 Å². The molecule has 1 unspecified atom stereocenters. The normalized spacial score (nSPS) is 16.5. The number of hydrogen-bond donors (Lipinski definition) is 2. The molecule has 1 aliphatic carbocycles. The van der Waals surface area contributed by atoms with Crippen molar-refractivity contribution in [3.05, 3.63) is 59.7 Å². The molecule has 2 N–H and O–H groups in total. The highest BCUT2D eigenvalue weighted by molar-refractivity contribution is 7.89. The van der Waals surface area contributed by atoms with E-state index >= 15 is 0 Å². The maximum atomic E-state index is 12.9. The molecule has 1 fully saturated rings. The zero-order valence-corrected chi connectivity index (χ0v) is 18.2. The Bertz CT molecular complexity index is 858. The van der Waals surface area contributed by atoms with Crippen LogP contribution in [0.4, 0.5) is 0 Å². The first-order valence-corrected chi connectivity index (χ1v) is 12.0. The van der Waals surface area contributed by atoms with Crippen LogP contribution in [0.15, 0.2) is 53.4 Å². The van der Waals surface area contributed by atoms with Gasteiger partial charge in [0.1, 0.15) is 11.9 Å². The molecular formula is C23H32N2O3S. The molecule has 0 heterocycles. The number of hydroxylamine groups is 1. The Morgan fingerprint density at radius 2 is 1.66 bits per heavy atom. The zero-order chi connectivity index (χ0) is 20.7. The minimum Gasteiger partial charge on any atom is -0.407 e. The van der Waals surface area contributed by atoms with Crippen molar-refractivity contribution in [3.63, 3.8) is 0 Å². The average molecular weight is 417 g/mol. The second kappa shape index (κ2) is 10.2. The lowest BCUT2D eigenvalue weighted by atomic mass is 9.86. The summed E-state index contributed by atoms with van der Waals surface area (Å²) in [6.07, 6.45) is 7.14. The smallest absolute Gasteiger partial charge is 0.242 e. The molecule has 6 heteroatoms. The monoisotopic (exact) mass is 416 g/mol. The lowest BCUT2D eigenvalue weighted by molar-refractivity contribution is 0.127. The molecule has 2 aromatic carbocycles. The highest BCUT2D eigenvalue weighted by Crippen LogP contribution is 2.27. The quantitative estimate of drug-likeness (QED) is 0.459. The lowest BCUT2D eigenvalue weighted by Crippen LogP contribution is -2.48. The van der Waals surface area contributed by atoms with Crippen LogP contribution >= 0.6 is 0 Å². The van der Waals surface area contributed by atoms with Crippen LogP contribution in [0.25, 0.3) is 0 Å². The van der Waals surface area contributed by atoms with Crippen molar-refractivity contribution in [3.8, 4) is 5.75 Å². The molecule has 2 aromatic rings. The molecule has 0 spiro atoms. The lowest BCUT2D eigenvalue weighted by Gasteiger charge is -2.27. The Morgan fingerprint density at radius 1 is 1.00 bits per heavy atom. The van der Waals surface area contributed by atoms with E-state index in [4.69, 9.17) is 4.84 Å². The van der Waals surface area contributed by atoms with Crippen molar-refractivity contribution in [2.24, 2.45) is 5.92 Å². The second-order valence-electron chi connectivity index (χ2n) is 7.94. The fraction of sp³-hybridized carbons (Fsp3) is 0.478. The van der Waals surface area contributed by atoms with Crippen molar-refractivity contribution in [1.29, 1.82) is 0 Å². The van der Waals surface area contributed by atoms with Crippen LogP contribution in [-0.4, -0.2) is 14.6 Å². The topological polar surface area (TPSA) is 67.4 Å². The van der Waals surface area contributed by atoms with Gasteiger partial charge in [-0.15, -0.1) is 5.48 Å². The molecule has 158 valence electrons. The van der Waals surface area contributed by atoms with Crippen molar-refractivity contribution < 1.29 is 13.3 Å². The van der Waals surface area contributed by atoms with Crippen LogP contribution in [0.5, 0.6) is 5.75 Å². The van der Waals surface area contributed by atoms with Gasteiger partial charge in [0.2, 0.25) is 10.0 Å². The van der Waals surface area contributed by atoms with Gasteiger partial charge in [0.15, 0.2) is 0 Å². The predicted octanol–water partition coefficient (Wildman–Crippen LogP) is 4.72. The molecule has 3 rings (SSSR count). The Balaban J connectivity index is 1.69. The molecule has 0 aromatic heterocycles. The number of benzene rings is 2. The fourth-order valence-electron chi connectivity index (χ4n) is 3.78. The molecule has 0 aliphatic heterocycles. The summed E-state index contributed by atoms with van der Waals surface area (Å²) < 4.78 is 28.6. The van der Waals surface area contributed by atoms with Gasteiger partial charge in [0.25, 0.3) is 0 Å². The Kier molecular flexibility index (Phi) is 7.70. The average Bonchev–Trinajstić information content (AvgIpc) is 2.73. The van der Waals surface area contributed by atoms with E-state index in [0.717, 1.165) is 24.8 Å². The summed E-state index contributed by atoms with van der Waals surface area (Å²) in [5.74, 6) is 1.17. The van der Waals surface area contributed by atoms with Gasteiger partial charge < -0.3 is 4.84 Å². The van der Waals surface area contributed by atoms with E-state index in [1.165, 1.54) is 24.8 Å². The van der Waals surface area contributed by atoms with Crippen molar-refractivity contribution >= 4 is 10.0 Å². The van der Waals surface area contributed by atoms with Crippen LogP contribution in [0.1, 0.15) is 56.6 Å². The van der Waals surface area contributed by atoms with E-state index in [0.29, 0.717) is 18.1 Å². The fourth-order valence-corrected chi connectivity index (χ4v) is 4.93. The van der Waals surface area contributed by atoms with Gasteiger partial charge in [0, 0.05) is 0 Å². The van der Waals surface area contributed by atoms with E-state index in [-0.39, 0.29) is 4.90 Å². The van der Waals surface area contributed by atoms with Crippen LogP contribution in [0.2, 0.25) is 0 Å². The maximum Gasteiger partial charge on any atom is 0.242 e. The highest BCUT2D eigenvalue weighted by Gasteiger charge is 2.25. The molecule has 0 saturated heterocycles. The van der Waals surface area contributed by atoms with Gasteiger partial charge in [0.05, 0.1) is 4.90 Å².